The highest BCUT2D eigenvalue weighted by Gasteiger charge is 2.22. The van der Waals surface area contributed by atoms with Crippen molar-refractivity contribution in [2.24, 2.45) is 9.98 Å². The van der Waals surface area contributed by atoms with Crippen molar-refractivity contribution in [1.29, 1.82) is 0 Å². The number of thiophene rings is 2. The van der Waals surface area contributed by atoms with Crippen LogP contribution in [0.2, 0.25) is 0 Å². The third-order valence-electron chi connectivity index (χ3n) is 10.0. The minimum Gasteiger partial charge on any atom is -0.324 e. The molecule has 0 radical (unpaired) electrons. The van der Waals surface area contributed by atoms with E-state index in [1.165, 1.54) is 67.8 Å². The fraction of sp³-hybridized carbons (Fsp3) is 0.0222. The lowest BCUT2D eigenvalue weighted by Gasteiger charge is -2.22. The van der Waals surface area contributed by atoms with E-state index in [1.807, 2.05) is 59.1 Å². The number of para-hydroxylation sites is 2. The van der Waals surface area contributed by atoms with Crippen molar-refractivity contribution >= 4 is 96.5 Å². The Labute approximate surface area is 301 Å². The van der Waals surface area contributed by atoms with E-state index in [0.717, 1.165) is 28.4 Å². The van der Waals surface area contributed by atoms with Gasteiger partial charge in [-0.15, -0.1) is 22.7 Å². The second-order valence-corrected chi connectivity index (χ2v) is 15.2. The van der Waals surface area contributed by atoms with Crippen LogP contribution in [0.3, 0.4) is 0 Å². The van der Waals surface area contributed by atoms with Gasteiger partial charge in [0.1, 0.15) is 11.7 Å². The lowest BCUT2D eigenvalue weighted by Crippen LogP contribution is -2.35. The van der Waals surface area contributed by atoms with Crippen LogP contribution in [0.15, 0.2) is 168 Å². The Morgan fingerprint density at radius 3 is 1.65 bits per heavy atom. The molecule has 0 aliphatic carbocycles. The van der Waals surface area contributed by atoms with Crippen LogP contribution in [0.5, 0.6) is 0 Å². The number of aromatic nitrogens is 1. The van der Waals surface area contributed by atoms with Crippen LogP contribution in [-0.4, -0.2) is 16.2 Å². The highest BCUT2D eigenvalue weighted by Crippen LogP contribution is 2.43. The van der Waals surface area contributed by atoms with Crippen molar-refractivity contribution in [3.8, 4) is 5.69 Å². The zero-order chi connectivity index (χ0) is 33.5. The van der Waals surface area contributed by atoms with Gasteiger partial charge in [-0.25, -0.2) is 9.98 Å². The predicted molar refractivity (Wildman–Crippen MR) is 218 cm³/mol. The van der Waals surface area contributed by atoms with Crippen LogP contribution >= 0.6 is 22.7 Å². The third kappa shape index (κ3) is 4.57. The molecule has 0 amide bonds. The summed E-state index contributed by atoms with van der Waals surface area (Å²) >= 11 is 3.74. The molecule has 1 aliphatic rings. The SMILES string of the molecule is c1ccc(C2=NC(c3ccc4sc5cc6sc7cc(-n8c9ccccc9c9ccccc98)ccc7c6cc5c4c3)N=C(c3ccccc3)N2)cc1. The van der Waals surface area contributed by atoms with Crippen molar-refractivity contribution in [3.05, 3.63) is 174 Å². The summed E-state index contributed by atoms with van der Waals surface area (Å²) in [6.07, 6.45) is -0.360. The van der Waals surface area contributed by atoms with Gasteiger partial charge in [0.15, 0.2) is 6.17 Å². The molecule has 6 heteroatoms. The Bertz CT molecular complexity index is 2950. The molecule has 0 fully saturated rings. The number of aliphatic imine (C=N–C) groups is 2. The van der Waals surface area contributed by atoms with Crippen LogP contribution < -0.4 is 5.32 Å². The summed E-state index contributed by atoms with van der Waals surface area (Å²) < 4.78 is 7.60. The van der Waals surface area contributed by atoms with Crippen molar-refractivity contribution in [1.82, 2.24) is 9.88 Å². The van der Waals surface area contributed by atoms with Gasteiger partial charge >= 0.3 is 0 Å². The smallest absolute Gasteiger partial charge is 0.169 e. The third-order valence-corrected chi connectivity index (χ3v) is 12.3. The van der Waals surface area contributed by atoms with Crippen LogP contribution in [-0.2, 0) is 0 Å². The van der Waals surface area contributed by atoms with Gasteiger partial charge in [-0.3, -0.25) is 0 Å². The Morgan fingerprint density at radius 2 is 0.980 bits per heavy atom. The minimum atomic E-state index is -0.360. The van der Waals surface area contributed by atoms with E-state index in [-0.39, 0.29) is 6.17 Å². The van der Waals surface area contributed by atoms with E-state index in [4.69, 9.17) is 9.98 Å². The summed E-state index contributed by atoms with van der Waals surface area (Å²) in [4.78, 5) is 10.3. The fourth-order valence-corrected chi connectivity index (χ4v) is 9.98. The quantitative estimate of drug-likeness (QED) is 0.196. The number of rotatable bonds is 4. The van der Waals surface area contributed by atoms with Gasteiger partial charge in [-0.05, 0) is 54.1 Å². The monoisotopic (exact) mass is 688 g/mol. The lowest BCUT2D eigenvalue weighted by molar-refractivity contribution is 0.757. The Kier molecular flexibility index (Phi) is 6.32. The number of nitrogens with one attached hydrogen (secondary N) is 1. The molecule has 0 unspecified atom stereocenters. The van der Waals surface area contributed by atoms with Crippen molar-refractivity contribution in [2.75, 3.05) is 0 Å². The number of fused-ring (bicyclic) bond motifs is 9. The van der Waals surface area contributed by atoms with Crippen molar-refractivity contribution in [3.63, 3.8) is 0 Å². The zero-order valence-corrected chi connectivity index (χ0v) is 28.9. The summed E-state index contributed by atoms with van der Waals surface area (Å²) in [7, 11) is 0. The molecule has 1 aliphatic heterocycles. The summed E-state index contributed by atoms with van der Waals surface area (Å²) in [6.45, 7) is 0. The van der Waals surface area contributed by atoms with E-state index in [9.17, 15) is 0 Å². The summed E-state index contributed by atoms with van der Waals surface area (Å²) in [5.41, 5.74) is 6.82. The molecule has 3 aromatic heterocycles. The average Bonchev–Trinajstić information content (AvgIpc) is 3.85. The molecule has 0 spiro atoms. The molecule has 10 aromatic rings. The normalized spacial score (nSPS) is 13.8. The Hall–Kier alpha value is -6.08. The number of amidine groups is 2. The molecule has 1 N–H and O–H groups in total. The second kappa shape index (κ2) is 11.2. The van der Waals surface area contributed by atoms with Gasteiger partial charge < -0.3 is 9.88 Å². The summed E-state index contributed by atoms with van der Waals surface area (Å²) in [5.74, 6) is 1.66. The van der Waals surface area contributed by atoms with E-state index in [1.54, 1.807) is 0 Å². The number of benzene rings is 7. The van der Waals surface area contributed by atoms with Gasteiger partial charge in [0.25, 0.3) is 0 Å². The predicted octanol–water partition coefficient (Wildman–Crippen LogP) is 12.0. The first-order valence-corrected chi connectivity index (χ1v) is 18.7. The molecule has 0 saturated carbocycles. The molecule has 0 saturated heterocycles. The molecule has 7 aromatic carbocycles. The standard InChI is InChI=1S/C45H28N4S2/c1-3-11-27(12-4-1)43-46-44(28-13-5-2-6-14-28)48-45(47-43)29-19-22-39-34(23-29)36-25-35-33-21-20-30(24-40(33)51-41(35)26-42(36)50-39)49-37-17-9-7-15-31(37)32-16-8-10-18-38(32)49/h1-26,45H,(H,46,47,48). The number of hydrogen-bond donors (Lipinski definition) is 1. The lowest BCUT2D eigenvalue weighted by atomic mass is 10.0. The van der Waals surface area contributed by atoms with Crippen LogP contribution in [0.25, 0.3) is 67.8 Å². The van der Waals surface area contributed by atoms with E-state index in [0.29, 0.717) is 0 Å². The van der Waals surface area contributed by atoms with Gasteiger partial charge in [0, 0.05) is 67.9 Å². The van der Waals surface area contributed by atoms with Crippen molar-refractivity contribution < 1.29 is 0 Å². The van der Waals surface area contributed by atoms with E-state index < -0.39 is 0 Å². The molecular weight excluding hydrogens is 661 g/mol. The first kappa shape index (κ1) is 28.7. The maximum absolute atomic E-state index is 5.14. The first-order chi connectivity index (χ1) is 25.2. The summed E-state index contributed by atoms with van der Waals surface area (Å²) in [6, 6.07) is 56.6. The van der Waals surface area contributed by atoms with Gasteiger partial charge in [-0.2, -0.15) is 0 Å². The van der Waals surface area contributed by atoms with E-state index >= 15 is 0 Å². The molecule has 0 bridgehead atoms. The van der Waals surface area contributed by atoms with Gasteiger partial charge in [-0.1, -0.05) is 109 Å². The molecule has 51 heavy (non-hydrogen) atoms. The Balaban J connectivity index is 1.05. The van der Waals surface area contributed by atoms with Crippen molar-refractivity contribution in [2.45, 2.75) is 6.17 Å². The number of nitrogens with zero attached hydrogens (tertiary/aromatic N) is 3. The van der Waals surface area contributed by atoms with Crippen LogP contribution in [0, 0.1) is 0 Å². The van der Waals surface area contributed by atoms with Crippen LogP contribution in [0.4, 0.5) is 0 Å². The highest BCUT2D eigenvalue weighted by molar-refractivity contribution is 7.28. The zero-order valence-electron chi connectivity index (χ0n) is 27.2. The topological polar surface area (TPSA) is 41.7 Å². The molecule has 0 atom stereocenters. The minimum absolute atomic E-state index is 0.360. The molecule has 240 valence electrons. The van der Waals surface area contributed by atoms with Gasteiger partial charge in [0.2, 0.25) is 0 Å². The second-order valence-electron chi connectivity index (χ2n) is 13.0. The Morgan fingerprint density at radius 1 is 0.431 bits per heavy atom. The fourth-order valence-electron chi connectivity index (χ4n) is 7.64. The summed E-state index contributed by atoms with van der Waals surface area (Å²) in [5, 5.41) is 11.2. The maximum atomic E-state index is 5.14. The van der Waals surface area contributed by atoms with Gasteiger partial charge in [0.05, 0.1) is 11.0 Å². The number of hydrogen-bond acceptors (Lipinski definition) is 5. The largest absolute Gasteiger partial charge is 0.324 e. The van der Waals surface area contributed by atoms with E-state index in [2.05, 4.69) is 131 Å². The van der Waals surface area contributed by atoms with Crippen LogP contribution in [0.1, 0.15) is 22.9 Å². The molecular formula is C45H28N4S2. The average molecular weight is 689 g/mol. The molecule has 11 rings (SSSR count). The first-order valence-electron chi connectivity index (χ1n) is 17.1. The highest BCUT2D eigenvalue weighted by atomic mass is 32.1. The molecule has 4 nitrogen and oxygen atoms in total. The molecule has 4 heterocycles. The maximum Gasteiger partial charge on any atom is 0.169 e.